The standard InChI is InChI=1S/C20H17ClF2O2.C18H21NO4S/c21-14-3-1-12(2-4-14)10-20-8-7-15(24)9-13(20)11-25-19-17(23)6-5-16(22)18(19)20;1-4-24(20,21)19(13-15-5-9-17(22-2)10-6-15)14-16-7-11-18(23-3)12-8-16/h1-6,13H,7-11H2;4-12H,1,13-14H2,2-3H3/t13-,20+;/m1./s1. The number of methoxy groups -OCH3 is 2. The van der Waals surface area contributed by atoms with Crippen LogP contribution < -0.4 is 14.2 Å². The summed E-state index contributed by atoms with van der Waals surface area (Å²) in [5.74, 6) is 0.430. The summed E-state index contributed by atoms with van der Waals surface area (Å²) in [5, 5.41) is 1.60. The summed E-state index contributed by atoms with van der Waals surface area (Å²) in [6, 6.07) is 24.2. The minimum atomic E-state index is -3.55. The number of hydrogen-bond donors (Lipinski definition) is 0. The first-order chi connectivity index (χ1) is 23.5. The van der Waals surface area contributed by atoms with Crippen molar-refractivity contribution in [3.05, 3.63) is 136 Å². The summed E-state index contributed by atoms with van der Waals surface area (Å²) in [7, 11) is -0.372. The molecule has 4 aromatic carbocycles. The first-order valence-electron chi connectivity index (χ1n) is 15.7. The van der Waals surface area contributed by atoms with Gasteiger partial charge in [-0.05, 0) is 78.1 Å². The van der Waals surface area contributed by atoms with Crippen LogP contribution in [0.1, 0.15) is 41.5 Å². The number of rotatable bonds is 10. The average molecular weight is 710 g/mol. The van der Waals surface area contributed by atoms with Gasteiger partial charge in [-0.25, -0.2) is 17.2 Å². The van der Waals surface area contributed by atoms with Gasteiger partial charge in [0.25, 0.3) is 0 Å². The van der Waals surface area contributed by atoms with E-state index in [1.54, 1.807) is 50.6 Å². The lowest BCUT2D eigenvalue weighted by atomic mass is 9.58. The predicted molar refractivity (Wildman–Crippen MR) is 185 cm³/mol. The molecular formula is C38H38ClF2NO6S. The topological polar surface area (TPSA) is 82.1 Å². The molecule has 6 rings (SSSR count). The first-order valence-corrected chi connectivity index (χ1v) is 17.6. The highest BCUT2D eigenvalue weighted by Gasteiger charge is 2.51. The number of hydrogen-bond acceptors (Lipinski definition) is 6. The number of Topliss-reactive ketones (excluding diaryl/α,β-unsaturated/α-hetero) is 1. The van der Waals surface area contributed by atoms with Crippen molar-refractivity contribution in [2.75, 3.05) is 20.8 Å². The van der Waals surface area contributed by atoms with Gasteiger partial charge in [-0.2, -0.15) is 4.31 Å². The van der Waals surface area contributed by atoms with Crippen LogP contribution in [0.3, 0.4) is 0 Å². The zero-order valence-corrected chi connectivity index (χ0v) is 28.9. The zero-order chi connectivity index (χ0) is 35.2. The van der Waals surface area contributed by atoms with Crippen molar-refractivity contribution in [1.82, 2.24) is 4.31 Å². The molecule has 1 heterocycles. The van der Waals surface area contributed by atoms with Gasteiger partial charge in [0.1, 0.15) is 23.1 Å². The van der Waals surface area contributed by atoms with E-state index in [2.05, 4.69) is 6.58 Å². The molecule has 0 radical (unpaired) electrons. The normalized spacial score (nSPS) is 18.3. The van der Waals surface area contributed by atoms with Gasteiger partial charge in [0.15, 0.2) is 11.6 Å². The maximum atomic E-state index is 14.8. The number of nitrogens with zero attached hydrogens (tertiary/aromatic N) is 1. The lowest BCUT2D eigenvalue weighted by Crippen LogP contribution is -2.49. The van der Waals surface area contributed by atoms with Crippen molar-refractivity contribution in [1.29, 1.82) is 0 Å². The molecule has 1 saturated carbocycles. The van der Waals surface area contributed by atoms with Gasteiger partial charge in [0.2, 0.25) is 10.0 Å². The Morgan fingerprint density at radius 3 is 1.94 bits per heavy atom. The van der Waals surface area contributed by atoms with E-state index in [1.165, 1.54) is 4.31 Å². The molecule has 2 atom stereocenters. The van der Waals surface area contributed by atoms with Gasteiger partial charge >= 0.3 is 0 Å². The second-order valence-corrected chi connectivity index (χ2v) is 14.4. The largest absolute Gasteiger partial charge is 0.497 e. The maximum absolute atomic E-state index is 14.8. The Bertz CT molecular complexity index is 1840. The molecule has 1 aliphatic heterocycles. The molecule has 1 fully saturated rings. The number of ether oxygens (including phenoxy) is 3. The molecule has 0 saturated heterocycles. The van der Waals surface area contributed by atoms with Crippen molar-refractivity contribution >= 4 is 27.4 Å². The van der Waals surface area contributed by atoms with Crippen LogP contribution in [0.4, 0.5) is 8.78 Å². The van der Waals surface area contributed by atoms with E-state index in [4.69, 9.17) is 25.8 Å². The van der Waals surface area contributed by atoms with E-state index in [0.29, 0.717) is 30.7 Å². The Kier molecular flexibility index (Phi) is 11.4. The zero-order valence-electron chi connectivity index (χ0n) is 27.3. The smallest absolute Gasteiger partial charge is 0.236 e. The SMILES string of the molecule is C=CS(=O)(=O)N(Cc1ccc(OC)cc1)Cc1ccc(OC)cc1.O=C1CC[C@@]2(Cc3ccc(Cl)cc3)c3c(F)ccc(F)c3OC[C@H]2C1. The van der Waals surface area contributed by atoms with Crippen molar-refractivity contribution in [2.45, 2.75) is 44.2 Å². The number of ketones is 1. The van der Waals surface area contributed by atoms with E-state index in [1.807, 2.05) is 36.4 Å². The number of fused-ring (bicyclic) bond motifs is 3. The molecular weight excluding hydrogens is 672 g/mol. The average Bonchev–Trinajstić information content (AvgIpc) is 3.11. The Morgan fingerprint density at radius 2 is 1.41 bits per heavy atom. The van der Waals surface area contributed by atoms with Gasteiger partial charge in [0, 0.05) is 53.3 Å². The van der Waals surface area contributed by atoms with E-state index in [-0.39, 0.29) is 42.7 Å². The van der Waals surface area contributed by atoms with Crippen molar-refractivity contribution in [2.24, 2.45) is 5.92 Å². The highest BCUT2D eigenvalue weighted by Crippen LogP contribution is 2.52. The second-order valence-electron chi connectivity index (χ2n) is 12.1. The van der Waals surface area contributed by atoms with Crippen LogP contribution in [0.25, 0.3) is 0 Å². The highest BCUT2D eigenvalue weighted by atomic mass is 35.5. The van der Waals surface area contributed by atoms with E-state index in [9.17, 15) is 22.0 Å². The first kappa shape index (κ1) is 36.0. The van der Waals surface area contributed by atoms with Crippen LogP contribution in [0.2, 0.25) is 5.02 Å². The molecule has 7 nitrogen and oxygen atoms in total. The molecule has 1 aliphatic carbocycles. The van der Waals surface area contributed by atoms with Crippen LogP contribution in [-0.2, 0) is 39.7 Å². The molecule has 0 aromatic heterocycles. The summed E-state index contributed by atoms with van der Waals surface area (Å²) in [6.07, 6.45) is 1.73. The van der Waals surface area contributed by atoms with Crippen LogP contribution in [-0.4, -0.2) is 39.3 Å². The molecule has 258 valence electrons. The lowest BCUT2D eigenvalue weighted by Gasteiger charge is -2.48. The van der Waals surface area contributed by atoms with E-state index >= 15 is 0 Å². The molecule has 0 N–H and O–H groups in total. The van der Waals surface area contributed by atoms with E-state index in [0.717, 1.165) is 45.7 Å². The van der Waals surface area contributed by atoms with E-state index < -0.39 is 27.1 Å². The van der Waals surface area contributed by atoms with Gasteiger partial charge in [-0.15, -0.1) is 0 Å². The number of carbonyl (C=O) groups is 1. The van der Waals surface area contributed by atoms with Crippen LogP contribution in [0, 0.1) is 17.6 Å². The van der Waals surface area contributed by atoms with Gasteiger partial charge in [0.05, 0.1) is 20.8 Å². The third kappa shape index (κ3) is 8.32. The third-order valence-electron chi connectivity index (χ3n) is 9.13. The molecule has 49 heavy (non-hydrogen) atoms. The molecule has 0 spiro atoms. The van der Waals surface area contributed by atoms with Gasteiger partial charge in [-0.3, -0.25) is 4.79 Å². The van der Waals surface area contributed by atoms with Crippen LogP contribution in [0.5, 0.6) is 17.2 Å². The molecule has 0 amide bonds. The number of halogens is 3. The van der Waals surface area contributed by atoms with Gasteiger partial charge in [-0.1, -0.05) is 54.6 Å². The minimum Gasteiger partial charge on any atom is -0.497 e. The lowest BCUT2D eigenvalue weighted by molar-refractivity contribution is -0.124. The van der Waals surface area contributed by atoms with Crippen molar-refractivity contribution in [3.8, 4) is 17.2 Å². The third-order valence-corrected chi connectivity index (χ3v) is 10.8. The summed E-state index contributed by atoms with van der Waals surface area (Å²) in [5.41, 5.74) is 2.37. The van der Waals surface area contributed by atoms with Crippen LogP contribution >= 0.6 is 11.6 Å². The van der Waals surface area contributed by atoms with Crippen molar-refractivity contribution < 1.29 is 36.2 Å². The second kappa shape index (κ2) is 15.5. The summed E-state index contributed by atoms with van der Waals surface area (Å²) in [6.45, 7) is 4.16. The molecule has 0 bridgehead atoms. The fraction of sp³-hybridized carbons (Fsp3) is 0.289. The number of benzene rings is 4. The Balaban J connectivity index is 0.000000191. The minimum absolute atomic E-state index is 0.000405. The predicted octanol–water partition coefficient (Wildman–Crippen LogP) is 8.04. The Labute approximate surface area is 291 Å². The Morgan fingerprint density at radius 1 is 0.878 bits per heavy atom. The highest BCUT2D eigenvalue weighted by molar-refractivity contribution is 7.91. The molecule has 4 aromatic rings. The number of carbonyl (C=O) groups excluding carboxylic acids is 1. The monoisotopic (exact) mass is 709 g/mol. The maximum Gasteiger partial charge on any atom is 0.236 e. The van der Waals surface area contributed by atoms with Crippen molar-refractivity contribution in [3.63, 3.8) is 0 Å². The molecule has 0 unspecified atom stereocenters. The summed E-state index contributed by atoms with van der Waals surface area (Å²) < 4.78 is 70.8. The number of sulfonamides is 1. The van der Waals surface area contributed by atoms with Crippen LogP contribution in [0.15, 0.2) is 96.9 Å². The fourth-order valence-corrected chi connectivity index (χ4v) is 7.50. The quantitative estimate of drug-likeness (QED) is 0.166. The van der Waals surface area contributed by atoms with Gasteiger partial charge < -0.3 is 14.2 Å². The molecule has 11 heteroatoms. The summed E-state index contributed by atoms with van der Waals surface area (Å²) in [4.78, 5) is 12.0. The fourth-order valence-electron chi connectivity index (χ4n) is 6.51. The molecule has 2 aliphatic rings. The summed E-state index contributed by atoms with van der Waals surface area (Å²) >= 11 is 5.96. The Hall–Kier alpha value is -4.25.